The van der Waals surface area contributed by atoms with Crippen LogP contribution in [0.15, 0.2) is 10.5 Å². The van der Waals surface area contributed by atoms with Crippen molar-refractivity contribution in [2.24, 2.45) is 5.92 Å². The zero-order chi connectivity index (χ0) is 17.6. The molecule has 7 nitrogen and oxygen atoms in total. The Morgan fingerprint density at radius 1 is 1.42 bits per heavy atom. The van der Waals surface area contributed by atoms with Crippen LogP contribution in [-0.4, -0.2) is 48.1 Å². The molecule has 1 aromatic carbocycles. The van der Waals surface area contributed by atoms with Gasteiger partial charge >= 0.3 is 12.1 Å². The molecule has 1 N–H and O–H groups in total. The number of fused-ring (bicyclic) bond motifs is 1. The normalized spacial score (nSPS) is 25.0. The van der Waals surface area contributed by atoms with Gasteiger partial charge in [-0.25, -0.2) is 9.59 Å². The number of nitrogens with zero attached hydrogens (tertiary/aromatic N) is 1. The van der Waals surface area contributed by atoms with Crippen molar-refractivity contribution in [2.45, 2.75) is 26.1 Å². The summed E-state index contributed by atoms with van der Waals surface area (Å²) < 4.78 is 17.5. The highest BCUT2D eigenvalue weighted by molar-refractivity contribution is 9.10. The summed E-state index contributed by atoms with van der Waals surface area (Å²) in [4.78, 5) is 24.4. The van der Waals surface area contributed by atoms with Crippen molar-refractivity contribution >= 4 is 28.0 Å². The Morgan fingerprint density at radius 2 is 2.08 bits per heavy atom. The first-order valence-electron chi connectivity index (χ1n) is 7.54. The Hall–Kier alpha value is -1.96. The van der Waals surface area contributed by atoms with Crippen LogP contribution < -0.4 is 9.47 Å². The molecule has 130 valence electrons. The van der Waals surface area contributed by atoms with Crippen molar-refractivity contribution in [3.05, 3.63) is 21.7 Å². The second-order valence-corrected chi connectivity index (χ2v) is 6.97. The number of carbonyl (C=O) groups is 2. The molecule has 0 aliphatic carbocycles. The molecule has 2 aliphatic rings. The Balaban J connectivity index is 1.92. The van der Waals surface area contributed by atoms with Gasteiger partial charge in [-0.15, -0.1) is 0 Å². The third-order valence-electron chi connectivity index (χ3n) is 4.65. The third kappa shape index (κ3) is 2.58. The number of hydrogen-bond acceptors (Lipinski definition) is 5. The highest BCUT2D eigenvalue weighted by Gasteiger charge is 2.49. The number of esters is 1. The van der Waals surface area contributed by atoms with Gasteiger partial charge in [0.1, 0.15) is 0 Å². The van der Waals surface area contributed by atoms with Gasteiger partial charge in [-0.05, 0) is 35.3 Å². The minimum Gasteiger partial charge on any atom is -0.465 e. The summed E-state index contributed by atoms with van der Waals surface area (Å²) in [5.74, 6) is -0.522. The number of ether oxygens (including phenoxy) is 3. The van der Waals surface area contributed by atoms with E-state index in [0.717, 1.165) is 0 Å². The Morgan fingerprint density at radius 3 is 2.67 bits per heavy atom. The molecule has 3 rings (SSSR count). The van der Waals surface area contributed by atoms with Crippen LogP contribution in [0.3, 0.4) is 0 Å². The van der Waals surface area contributed by atoms with E-state index in [1.54, 1.807) is 19.9 Å². The lowest BCUT2D eigenvalue weighted by Crippen LogP contribution is -2.44. The molecule has 0 bridgehead atoms. The SMILES string of the molecule is COC(=O)c1cc(Br)c2c(c1C)OC(C)(C1CCN(C(=O)O)C1)O2. The number of carbonyl (C=O) groups excluding carboxylic acids is 1. The van der Waals surface area contributed by atoms with E-state index in [1.165, 1.54) is 12.0 Å². The zero-order valence-electron chi connectivity index (χ0n) is 13.6. The quantitative estimate of drug-likeness (QED) is 0.769. The largest absolute Gasteiger partial charge is 0.465 e. The Labute approximate surface area is 147 Å². The van der Waals surface area contributed by atoms with E-state index in [4.69, 9.17) is 19.3 Å². The monoisotopic (exact) mass is 399 g/mol. The summed E-state index contributed by atoms with van der Waals surface area (Å²) in [7, 11) is 1.32. The van der Waals surface area contributed by atoms with E-state index >= 15 is 0 Å². The fraction of sp³-hybridized carbons (Fsp3) is 0.500. The fourth-order valence-corrected chi connectivity index (χ4v) is 3.69. The first kappa shape index (κ1) is 16.9. The predicted octanol–water partition coefficient (Wildman–Crippen LogP) is 3.03. The van der Waals surface area contributed by atoms with Crippen LogP contribution >= 0.6 is 15.9 Å². The minimum absolute atomic E-state index is 0.103. The Kier molecular flexibility index (Phi) is 4.11. The maximum atomic E-state index is 11.9. The summed E-state index contributed by atoms with van der Waals surface area (Å²) in [6.45, 7) is 4.37. The van der Waals surface area contributed by atoms with Crippen LogP contribution in [-0.2, 0) is 4.74 Å². The molecule has 2 heterocycles. The first-order chi connectivity index (χ1) is 11.3. The van der Waals surface area contributed by atoms with E-state index in [-0.39, 0.29) is 5.92 Å². The number of hydrogen-bond donors (Lipinski definition) is 1. The number of likely N-dealkylation sites (tertiary alicyclic amines) is 1. The molecule has 1 fully saturated rings. The molecular formula is C16H18BrNO6. The third-order valence-corrected chi connectivity index (χ3v) is 5.24. The molecule has 2 aliphatic heterocycles. The van der Waals surface area contributed by atoms with Gasteiger partial charge in [0.05, 0.1) is 23.1 Å². The van der Waals surface area contributed by atoms with E-state index in [9.17, 15) is 9.59 Å². The molecule has 1 aromatic rings. The Bertz CT molecular complexity index is 721. The maximum absolute atomic E-state index is 11.9. The van der Waals surface area contributed by atoms with Gasteiger partial charge in [-0.1, -0.05) is 0 Å². The predicted molar refractivity (Wildman–Crippen MR) is 87.6 cm³/mol. The molecule has 1 saturated heterocycles. The second-order valence-electron chi connectivity index (χ2n) is 6.12. The lowest BCUT2D eigenvalue weighted by atomic mass is 9.99. The topological polar surface area (TPSA) is 85.3 Å². The van der Waals surface area contributed by atoms with Crippen LogP contribution in [0.1, 0.15) is 29.3 Å². The summed E-state index contributed by atoms with van der Waals surface area (Å²) in [5, 5.41) is 9.13. The first-order valence-corrected chi connectivity index (χ1v) is 8.33. The van der Waals surface area contributed by atoms with Crippen molar-refractivity contribution in [2.75, 3.05) is 20.2 Å². The van der Waals surface area contributed by atoms with Crippen molar-refractivity contribution < 1.29 is 28.9 Å². The molecule has 2 atom stereocenters. The lowest BCUT2D eigenvalue weighted by molar-refractivity contribution is -0.106. The van der Waals surface area contributed by atoms with Crippen molar-refractivity contribution in [3.63, 3.8) is 0 Å². The summed E-state index contributed by atoms with van der Waals surface area (Å²) in [6.07, 6.45) is -0.293. The summed E-state index contributed by atoms with van der Waals surface area (Å²) >= 11 is 3.41. The number of amides is 1. The molecule has 0 spiro atoms. The summed E-state index contributed by atoms with van der Waals surface area (Å²) in [5.41, 5.74) is 1.03. The number of carboxylic acid groups (broad SMARTS) is 1. The van der Waals surface area contributed by atoms with Crippen molar-refractivity contribution in [1.82, 2.24) is 4.90 Å². The molecule has 24 heavy (non-hydrogen) atoms. The number of rotatable bonds is 2. The van der Waals surface area contributed by atoms with Crippen molar-refractivity contribution in [1.29, 1.82) is 0 Å². The van der Waals surface area contributed by atoms with Crippen LogP contribution in [0.2, 0.25) is 0 Å². The fourth-order valence-electron chi connectivity index (χ4n) is 3.20. The van der Waals surface area contributed by atoms with E-state index in [2.05, 4.69) is 15.9 Å². The van der Waals surface area contributed by atoms with E-state index in [1.807, 2.05) is 0 Å². The second kappa shape index (κ2) is 5.84. The highest BCUT2D eigenvalue weighted by Crippen LogP contribution is 2.50. The molecule has 8 heteroatoms. The maximum Gasteiger partial charge on any atom is 0.407 e. The van der Waals surface area contributed by atoms with Crippen LogP contribution in [0.4, 0.5) is 4.79 Å². The minimum atomic E-state index is -0.978. The molecule has 0 saturated carbocycles. The van der Waals surface area contributed by atoms with Gasteiger partial charge in [0.25, 0.3) is 5.79 Å². The summed E-state index contributed by atoms with van der Waals surface area (Å²) in [6, 6.07) is 1.65. The molecule has 1 amide bonds. The molecule has 0 radical (unpaired) electrons. The average Bonchev–Trinajstić information content (AvgIpc) is 3.16. The highest BCUT2D eigenvalue weighted by atomic mass is 79.9. The zero-order valence-corrected chi connectivity index (χ0v) is 15.2. The molecule has 2 unspecified atom stereocenters. The number of benzene rings is 1. The van der Waals surface area contributed by atoms with E-state index < -0.39 is 17.8 Å². The lowest BCUT2D eigenvalue weighted by Gasteiger charge is -2.29. The van der Waals surface area contributed by atoms with Crippen LogP contribution in [0.5, 0.6) is 11.5 Å². The van der Waals surface area contributed by atoms with Gasteiger partial charge in [0.15, 0.2) is 11.5 Å². The number of halogens is 1. The van der Waals surface area contributed by atoms with Crippen LogP contribution in [0, 0.1) is 12.8 Å². The number of methoxy groups -OCH3 is 1. The van der Waals surface area contributed by atoms with E-state index in [0.29, 0.717) is 46.6 Å². The van der Waals surface area contributed by atoms with Gasteiger partial charge in [0.2, 0.25) is 0 Å². The van der Waals surface area contributed by atoms with Gasteiger partial charge < -0.3 is 24.2 Å². The molecular weight excluding hydrogens is 382 g/mol. The van der Waals surface area contributed by atoms with Crippen molar-refractivity contribution in [3.8, 4) is 11.5 Å². The van der Waals surface area contributed by atoms with Gasteiger partial charge in [-0.3, -0.25) is 0 Å². The standard InChI is InChI=1S/C16H18BrNO6/c1-8-10(14(19)22-3)6-11(17)13-12(8)23-16(2,24-13)9-4-5-18(7-9)15(20)21/h6,9H,4-5,7H2,1-3H3,(H,20,21). The smallest absolute Gasteiger partial charge is 0.407 e. The molecule has 0 aromatic heterocycles. The van der Waals surface area contributed by atoms with Crippen LogP contribution in [0.25, 0.3) is 0 Å². The van der Waals surface area contributed by atoms with Gasteiger partial charge in [-0.2, -0.15) is 0 Å². The average molecular weight is 400 g/mol. The van der Waals surface area contributed by atoms with Gasteiger partial charge in [0, 0.05) is 25.6 Å².